The molecule has 0 radical (unpaired) electrons. The Labute approximate surface area is 168 Å². The molecule has 0 aliphatic carbocycles. The Balaban J connectivity index is 2.93. The zero-order chi connectivity index (χ0) is 17.6. The quantitative estimate of drug-likeness (QED) is 0.104. The highest BCUT2D eigenvalue weighted by Gasteiger charge is 1.95. The number of rotatable bonds is 21. The summed E-state index contributed by atoms with van der Waals surface area (Å²) in [5, 5.41) is 0. The summed E-state index contributed by atoms with van der Waals surface area (Å²) in [5.74, 6) is 0. The maximum absolute atomic E-state index is 3.20. The van der Waals surface area contributed by atoms with Gasteiger partial charge in [-0.25, -0.2) is 0 Å². The largest absolute Gasteiger partial charge is 0.261 e. The van der Waals surface area contributed by atoms with E-state index in [-0.39, 0.29) is 0 Å². The van der Waals surface area contributed by atoms with Crippen molar-refractivity contribution < 1.29 is 0 Å². The van der Waals surface area contributed by atoms with Gasteiger partial charge in [-0.1, -0.05) is 129 Å². The molecular weight excluding hydrogens is 405 g/mol. The van der Waals surface area contributed by atoms with Gasteiger partial charge in [-0.3, -0.25) is 3.53 Å². The molecule has 2 heteroatoms. The molecule has 1 N–H and O–H groups in total. The van der Waals surface area contributed by atoms with E-state index in [4.69, 9.17) is 0 Å². The van der Waals surface area contributed by atoms with E-state index >= 15 is 0 Å². The Morgan fingerprint density at radius 3 is 0.917 bits per heavy atom. The van der Waals surface area contributed by atoms with Gasteiger partial charge in [-0.05, 0) is 6.42 Å². The van der Waals surface area contributed by atoms with Crippen LogP contribution in [0, 0.1) is 0 Å². The second-order valence-electron chi connectivity index (χ2n) is 7.60. The third-order valence-electron chi connectivity index (χ3n) is 5.12. The highest BCUT2D eigenvalue weighted by Crippen LogP contribution is 2.14. The highest BCUT2D eigenvalue weighted by molar-refractivity contribution is 14.1. The van der Waals surface area contributed by atoms with Crippen LogP contribution in [0.4, 0.5) is 0 Å². The normalized spacial score (nSPS) is 11.2. The molecule has 0 aromatic heterocycles. The monoisotopic (exact) mass is 451 g/mol. The Morgan fingerprint density at radius 2 is 0.667 bits per heavy atom. The van der Waals surface area contributed by atoms with Gasteiger partial charge in [0.05, 0.1) is 0 Å². The Hall–Kier alpha value is 0.690. The van der Waals surface area contributed by atoms with Crippen LogP contribution in [0.3, 0.4) is 0 Å². The average Bonchev–Trinajstić information content (AvgIpc) is 2.60. The molecule has 0 unspecified atom stereocenters. The van der Waals surface area contributed by atoms with Crippen molar-refractivity contribution in [3.8, 4) is 0 Å². The van der Waals surface area contributed by atoms with Crippen LogP contribution in [0.15, 0.2) is 0 Å². The van der Waals surface area contributed by atoms with E-state index in [9.17, 15) is 0 Å². The van der Waals surface area contributed by atoms with Gasteiger partial charge in [0.2, 0.25) is 0 Å². The molecule has 0 amide bonds. The first kappa shape index (κ1) is 24.7. The van der Waals surface area contributed by atoms with Crippen LogP contribution in [0.2, 0.25) is 0 Å². The number of hydrogen-bond acceptors (Lipinski definition) is 1. The molecule has 0 aromatic carbocycles. The number of hydrogen-bond donors (Lipinski definition) is 1. The van der Waals surface area contributed by atoms with Crippen LogP contribution < -0.4 is 3.53 Å². The van der Waals surface area contributed by atoms with Gasteiger partial charge in [0.25, 0.3) is 0 Å². The zero-order valence-electron chi connectivity index (χ0n) is 16.7. The van der Waals surface area contributed by atoms with E-state index in [2.05, 4.69) is 33.3 Å². The minimum atomic E-state index is 1.18. The summed E-state index contributed by atoms with van der Waals surface area (Å²) < 4.78 is 3.20. The van der Waals surface area contributed by atoms with E-state index in [1.165, 1.54) is 135 Å². The number of halogens is 1. The van der Waals surface area contributed by atoms with Gasteiger partial charge in [0, 0.05) is 29.4 Å². The van der Waals surface area contributed by atoms with E-state index in [0.29, 0.717) is 0 Å². The molecular formula is C22H46IN. The summed E-state index contributed by atoms with van der Waals surface area (Å²) in [7, 11) is 0. The van der Waals surface area contributed by atoms with Crippen LogP contribution in [0.5, 0.6) is 0 Å². The van der Waals surface area contributed by atoms with Crippen molar-refractivity contribution in [2.45, 2.75) is 135 Å². The van der Waals surface area contributed by atoms with Gasteiger partial charge < -0.3 is 0 Å². The van der Waals surface area contributed by atoms with Crippen molar-refractivity contribution in [2.24, 2.45) is 0 Å². The van der Waals surface area contributed by atoms with Crippen molar-refractivity contribution in [3.63, 3.8) is 0 Å². The molecule has 146 valence electrons. The fourth-order valence-electron chi connectivity index (χ4n) is 3.45. The third-order valence-corrected chi connectivity index (χ3v) is 5.66. The minimum Gasteiger partial charge on any atom is -0.261 e. The SMILES string of the molecule is CCCCCCCCCCCCCCCCCCCCCCNI. The van der Waals surface area contributed by atoms with Crippen molar-refractivity contribution in [2.75, 3.05) is 6.54 Å². The smallest absolute Gasteiger partial charge is 0.0169 e. The standard InChI is InChI=1S/C22H46IN/c1-2-3-4-5-6-7-8-9-10-11-12-13-14-15-16-17-18-19-20-21-22-24-23/h24H,2-22H2,1H3. The molecule has 0 bridgehead atoms. The lowest BCUT2D eigenvalue weighted by molar-refractivity contribution is 0.522. The highest BCUT2D eigenvalue weighted by atomic mass is 127. The summed E-state index contributed by atoms with van der Waals surface area (Å²) >= 11 is 2.24. The summed E-state index contributed by atoms with van der Waals surface area (Å²) in [5.41, 5.74) is 0. The fraction of sp³-hybridized carbons (Fsp3) is 1.00. The first-order chi connectivity index (χ1) is 11.9. The van der Waals surface area contributed by atoms with Crippen LogP contribution in [-0.2, 0) is 0 Å². The zero-order valence-corrected chi connectivity index (χ0v) is 18.9. The second kappa shape index (κ2) is 23.7. The minimum absolute atomic E-state index is 1.18. The maximum Gasteiger partial charge on any atom is 0.0169 e. The third kappa shape index (κ3) is 22.7. The van der Waals surface area contributed by atoms with Gasteiger partial charge in [-0.2, -0.15) is 0 Å². The Kier molecular flexibility index (Phi) is 24.4. The average molecular weight is 452 g/mol. The molecule has 0 saturated heterocycles. The van der Waals surface area contributed by atoms with Gasteiger partial charge in [0.1, 0.15) is 0 Å². The van der Waals surface area contributed by atoms with Crippen LogP contribution in [0.1, 0.15) is 135 Å². The number of unbranched alkanes of at least 4 members (excludes halogenated alkanes) is 19. The van der Waals surface area contributed by atoms with Crippen LogP contribution in [-0.4, -0.2) is 6.54 Å². The Bertz CT molecular complexity index is 186. The van der Waals surface area contributed by atoms with Crippen molar-refractivity contribution in [1.29, 1.82) is 0 Å². The predicted octanol–water partition coefficient (Wildman–Crippen LogP) is 8.75. The Morgan fingerprint density at radius 1 is 0.417 bits per heavy atom. The van der Waals surface area contributed by atoms with Crippen molar-refractivity contribution in [3.05, 3.63) is 0 Å². The summed E-state index contributed by atoms with van der Waals surface area (Å²) in [6.07, 6.45) is 29.2. The lowest BCUT2D eigenvalue weighted by Gasteiger charge is -2.04. The van der Waals surface area contributed by atoms with Crippen molar-refractivity contribution in [1.82, 2.24) is 3.53 Å². The van der Waals surface area contributed by atoms with E-state index in [1.54, 1.807) is 0 Å². The molecule has 1 nitrogen and oxygen atoms in total. The number of nitrogens with one attached hydrogen (secondary N) is 1. The molecule has 0 atom stereocenters. The van der Waals surface area contributed by atoms with Gasteiger partial charge >= 0.3 is 0 Å². The molecule has 24 heavy (non-hydrogen) atoms. The predicted molar refractivity (Wildman–Crippen MR) is 120 cm³/mol. The van der Waals surface area contributed by atoms with Gasteiger partial charge in [-0.15, -0.1) is 0 Å². The molecule has 0 saturated carbocycles. The van der Waals surface area contributed by atoms with Gasteiger partial charge in [0.15, 0.2) is 0 Å². The maximum atomic E-state index is 3.20. The van der Waals surface area contributed by atoms with E-state index in [0.717, 1.165) is 0 Å². The topological polar surface area (TPSA) is 12.0 Å². The molecule has 0 spiro atoms. The molecule has 0 heterocycles. The molecule has 0 fully saturated rings. The molecule has 0 aromatic rings. The molecule has 0 aliphatic heterocycles. The van der Waals surface area contributed by atoms with E-state index < -0.39 is 0 Å². The summed E-state index contributed by atoms with van der Waals surface area (Å²) in [6, 6.07) is 0. The molecule has 0 aliphatic rings. The molecule has 0 rings (SSSR count). The second-order valence-corrected chi connectivity index (χ2v) is 8.36. The fourth-order valence-corrected chi connectivity index (χ4v) is 3.83. The first-order valence-electron chi connectivity index (χ1n) is 11.2. The van der Waals surface area contributed by atoms with Crippen molar-refractivity contribution >= 4 is 22.9 Å². The van der Waals surface area contributed by atoms with Crippen LogP contribution in [0.25, 0.3) is 0 Å². The lowest BCUT2D eigenvalue weighted by atomic mass is 10.0. The summed E-state index contributed by atoms with van der Waals surface area (Å²) in [4.78, 5) is 0. The van der Waals surface area contributed by atoms with Crippen LogP contribution >= 0.6 is 22.9 Å². The van der Waals surface area contributed by atoms with E-state index in [1.807, 2.05) is 0 Å². The first-order valence-corrected chi connectivity index (χ1v) is 12.3. The lowest BCUT2D eigenvalue weighted by Crippen LogP contribution is -1.98. The summed E-state index contributed by atoms with van der Waals surface area (Å²) in [6.45, 7) is 3.48.